The van der Waals surface area contributed by atoms with E-state index in [9.17, 15) is 39.0 Å². The van der Waals surface area contributed by atoms with Crippen LogP contribution in [0.4, 0.5) is 0 Å². The van der Waals surface area contributed by atoms with Gasteiger partial charge >= 0.3 is 11.9 Å². The third-order valence-corrected chi connectivity index (χ3v) is 10.7. The Labute approximate surface area is 338 Å². The third-order valence-electron chi connectivity index (χ3n) is 9.75. The molecule has 6 N–H and O–H groups in total. The second-order valence-corrected chi connectivity index (χ2v) is 15.6. The largest absolute Gasteiger partial charge is 0.481 e. The van der Waals surface area contributed by atoms with Gasteiger partial charge in [0.25, 0.3) is 0 Å². The van der Waals surface area contributed by atoms with E-state index >= 15 is 0 Å². The number of aliphatic carboxylic acids is 2. The molecule has 3 unspecified atom stereocenters. The van der Waals surface area contributed by atoms with Crippen LogP contribution in [0, 0.1) is 0 Å². The minimum Gasteiger partial charge on any atom is -0.481 e. The zero-order valence-corrected chi connectivity index (χ0v) is 34.7. The van der Waals surface area contributed by atoms with Gasteiger partial charge in [0.1, 0.15) is 12.3 Å². The molecular weight excluding hydrogens is 745 g/mol. The van der Waals surface area contributed by atoms with Gasteiger partial charge in [0, 0.05) is 45.3 Å². The molecule has 324 valence electrons. The number of aliphatic hydroxyl groups excluding tert-OH is 1. The zero-order valence-electron chi connectivity index (χ0n) is 33.9. The molecule has 16 heteroatoms. The van der Waals surface area contributed by atoms with Crippen molar-refractivity contribution in [3.63, 3.8) is 0 Å². The number of nitrogens with one attached hydrogen (secondary N) is 3. The van der Waals surface area contributed by atoms with Crippen molar-refractivity contribution >= 4 is 47.3 Å². The summed E-state index contributed by atoms with van der Waals surface area (Å²) in [6, 6.07) is -1.12. The standard InChI is InChI=1S/C40H72N4O11S/c1-56-33-31-37(48)44(39(33)51)26-18-14-16-19-34(45)41-24-27-54-29-30-55-28-25-42-35(46)23-22-32(40(52)53)43-36(47)20-15-12-10-8-6-4-2-3-5-7-9-11-13-17-21-38(49)50/h32-34,41,45H,2-31H2,1H3,(H,42,46)(H,43,47)(H,49,50)(H,52,53). The van der Waals surface area contributed by atoms with Gasteiger partial charge in [-0.25, -0.2) is 4.79 Å². The Morgan fingerprint density at radius 1 is 0.696 bits per heavy atom. The Morgan fingerprint density at radius 2 is 1.23 bits per heavy atom. The highest BCUT2D eigenvalue weighted by atomic mass is 32.2. The van der Waals surface area contributed by atoms with Crippen LogP contribution < -0.4 is 16.0 Å². The number of carbonyl (C=O) groups is 6. The molecule has 1 heterocycles. The molecule has 15 nitrogen and oxygen atoms in total. The van der Waals surface area contributed by atoms with E-state index in [0.717, 1.165) is 57.8 Å². The Kier molecular flexibility index (Phi) is 31.3. The number of hydrogen-bond donors (Lipinski definition) is 6. The minimum absolute atomic E-state index is 0.000957. The van der Waals surface area contributed by atoms with Gasteiger partial charge < -0.3 is 35.4 Å². The van der Waals surface area contributed by atoms with E-state index in [2.05, 4.69) is 16.0 Å². The lowest BCUT2D eigenvalue weighted by atomic mass is 10.0. The van der Waals surface area contributed by atoms with E-state index in [4.69, 9.17) is 14.6 Å². The van der Waals surface area contributed by atoms with E-state index in [1.165, 1.54) is 61.6 Å². The van der Waals surface area contributed by atoms with Crippen LogP contribution in [-0.2, 0) is 38.2 Å². The van der Waals surface area contributed by atoms with E-state index in [-0.39, 0.29) is 74.1 Å². The third kappa shape index (κ3) is 27.7. The van der Waals surface area contributed by atoms with Crippen LogP contribution in [0.5, 0.6) is 0 Å². The van der Waals surface area contributed by atoms with E-state index < -0.39 is 24.2 Å². The summed E-state index contributed by atoms with van der Waals surface area (Å²) in [4.78, 5) is 72.1. The number of carboxylic acid groups (broad SMARTS) is 2. The molecule has 1 fully saturated rings. The first kappa shape index (κ1) is 51.2. The average molecular weight is 817 g/mol. The summed E-state index contributed by atoms with van der Waals surface area (Å²) in [5, 5.41) is 36.2. The molecule has 0 spiro atoms. The zero-order chi connectivity index (χ0) is 41.2. The molecule has 1 saturated heterocycles. The smallest absolute Gasteiger partial charge is 0.326 e. The summed E-state index contributed by atoms with van der Waals surface area (Å²) in [5.41, 5.74) is 0. The summed E-state index contributed by atoms with van der Waals surface area (Å²) in [5.74, 6) is -2.70. The molecule has 0 aromatic rings. The van der Waals surface area contributed by atoms with Crippen molar-refractivity contribution in [3.05, 3.63) is 0 Å². The van der Waals surface area contributed by atoms with Crippen molar-refractivity contribution in [1.82, 2.24) is 20.9 Å². The second kappa shape index (κ2) is 34.3. The van der Waals surface area contributed by atoms with Crippen LogP contribution >= 0.6 is 11.8 Å². The maximum absolute atomic E-state index is 12.3. The maximum atomic E-state index is 12.3. The number of hydrogen-bond acceptors (Lipinski definition) is 11. The quantitative estimate of drug-likeness (QED) is 0.0280. The molecule has 3 atom stereocenters. The predicted octanol–water partition coefficient (Wildman–Crippen LogP) is 4.77. The van der Waals surface area contributed by atoms with Crippen molar-refractivity contribution in [2.45, 2.75) is 165 Å². The highest BCUT2D eigenvalue weighted by Crippen LogP contribution is 2.23. The Balaban J connectivity index is 1.92. The number of ether oxygens (including phenoxy) is 2. The Hall–Kier alpha value is -2.79. The van der Waals surface area contributed by atoms with Gasteiger partial charge in [0.2, 0.25) is 23.6 Å². The van der Waals surface area contributed by atoms with Gasteiger partial charge in [-0.1, -0.05) is 83.5 Å². The average Bonchev–Trinajstić information content (AvgIpc) is 3.44. The number of carboxylic acids is 2. The highest BCUT2D eigenvalue weighted by molar-refractivity contribution is 8.00. The van der Waals surface area contributed by atoms with Crippen LogP contribution in [0.3, 0.4) is 0 Å². The van der Waals surface area contributed by atoms with Gasteiger partial charge in [-0.15, -0.1) is 0 Å². The maximum Gasteiger partial charge on any atom is 0.326 e. The fourth-order valence-corrected chi connectivity index (χ4v) is 7.05. The monoisotopic (exact) mass is 816 g/mol. The van der Waals surface area contributed by atoms with Crippen LogP contribution in [0.25, 0.3) is 0 Å². The number of thioether (sulfide) groups is 1. The lowest BCUT2D eigenvalue weighted by Gasteiger charge is -2.15. The predicted molar refractivity (Wildman–Crippen MR) is 216 cm³/mol. The first-order valence-electron chi connectivity index (χ1n) is 21.0. The highest BCUT2D eigenvalue weighted by Gasteiger charge is 2.37. The first-order chi connectivity index (χ1) is 27.0. The topological polar surface area (TPSA) is 221 Å². The summed E-state index contributed by atoms with van der Waals surface area (Å²) >= 11 is 1.41. The lowest BCUT2D eigenvalue weighted by Crippen LogP contribution is -2.41. The van der Waals surface area contributed by atoms with E-state index in [1.54, 1.807) is 0 Å². The SMILES string of the molecule is CSC1CC(=O)N(CCCCCC(O)NCCOCCOCCNC(=O)CCC(NC(=O)CCCCCCCCCCCCCCCCC(=O)O)C(=O)O)C1=O. The van der Waals surface area contributed by atoms with Crippen LogP contribution in [-0.4, -0.2) is 126 Å². The molecule has 0 aliphatic carbocycles. The molecular formula is C40H72N4O11S. The molecule has 0 aromatic heterocycles. The first-order valence-corrected chi connectivity index (χ1v) is 22.3. The fourth-order valence-electron chi connectivity index (χ4n) is 6.41. The minimum atomic E-state index is -1.16. The normalized spacial score (nSPS) is 15.2. The number of likely N-dealkylation sites (tertiary alicyclic amines) is 1. The van der Waals surface area contributed by atoms with Crippen molar-refractivity contribution in [2.24, 2.45) is 0 Å². The molecule has 1 aliphatic heterocycles. The molecule has 0 radical (unpaired) electrons. The number of carbonyl (C=O) groups excluding carboxylic acids is 4. The molecule has 0 bridgehead atoms. The summed E-state index contributed by atoms with van der Waals surface area (Å²) in [7, 11) is 0. The van der Waals surface area contributed by atoms with Gasteiger partial charge in [0.05, 0.1) is 31.7 Å². The number of amides is 4. The summed E-state index contributed by atoms with van der Waals surface area (Å²) < 4.78 is 10.9. The molecule has 0 saturated carbocycles. The number of imide groups is 1. The number of aliphatic hydroxyl groups is 1. The van der Waals surface area contributed by atoms with Crippen LogP contribution in [0.2, 0.25) is 0 Å². The molecule has 56 heavy (non-hydrogen) atoms. The summed E-state index contributed by atoms with van der Waals surface area (Å²) in [6.07, 6.45) is 20.0. The molecule has 1 aliphatic rings. The van der Waals surface area contributed by atoms with Gasteiger partial charge in [0.15, 0.2) is 0 Å². The van der Waals surface area contributed by atoms with Gasteiger partial charge in [-0.05, 0) is 44.8 Å². The molecule has 4 amide bonds. The molecule has 1 rings (SSSR count). The van der Waals surface area contributed by atoms with Crippen molar-refractivity contribution in [1.29, 1.82) is 0 Å². The summed E-state index contributed by atoms with van der Waals surface area (Å²) in [6.45, 7) is 2.49. The fraction of sp³-hybridized carbons (Fsp3) is 0.850. The molecule has 0 aromatic carbocycles. The lowest BCUT2D eigenvalue weighted by molar-refractivity contribution is -0.142. The Morgan fingerprint density at radius 3 is 1.77 bits per heavy atom. The van der Waals surface area contributed by atoms with Crippen molar-refractivity contribution < 1.29 is 53.6 Å². The van der Waals surface area contributed by atoms with Crippen molar-refractivity contribution in [2.75, 3.05) is 52.3 Å². The second-order valence-electron chi connectivity index (χ2n) is 14.5. The number of rotatable bonds is 39. The number of unbranched alkanes of at least 4 members (excludes halogenated alkanes) is 15. The van der Waals surface area contributed by atoms with Gasteiger partial charge in [-0.2, -0.15) is 11.8 Å². The Bertz CT molecular complexity index is 1120. The van der Waals surface area contributed by atoms with Crippen molar-refractivity contribution in [3.8, 4) is 0 Å². The van der Waals surface area contributed by atoms with Gasteiger partial charge in [-0.3, -0.25) is 34.2 Å². The van der Waals surface area contributed by atoms with E-state index in [1.807, 2.05) is 6.26 Å². The van der Waals surface area contributed by atoms with Crippen LogP contribution in [0.15, 0.2) is 0 Å². The van der Waals surface area contributed by atoms with Crippen LogP contribution in [0.1, 0.15) is 148 Å². The van der Waals surface area contributed by atoms with E-state index in [0.29, 0.717) is 45.8 Å². The number of nitrogens with zero attached hydrogens (tertiary/aromatic N) is 1.